The van der Waals surface area contributed by atoms with Gasteiger partial charge in [0.05, 0.1) is 13.2 Å². The number of rotatable bonds is 8. The molecule has 2 aliphatic rings. The van der Waals surface area contributed by atoms with Crippen LogP contribution in [0.2, 0.25) is 0 Å². The number of hydrogen-bond acceptors (Lipinski definition) is 4. The molecule has 168 valence electrons. The van der Waals surface area contributed by atoms with E-state index in [1.54, 1.807) is 7.11 Å². The Kier molecular flexibility index (Phi) is 8.82. The van der Waals surface area contributed by atoms with E-state index in [4.69, 9.17) is 4.74 Å². The molecule has 6 nitrogen and oxygen atoms in total. The molecule has 2 saturated heterocycles. The average molecular weight is 416 g/mol. The molecule has 2 atom stereocenters. The number of methoxy groups -OCH3 is 1. The topological polar surface area (TPSA) is 52.1 Å². The molecule has 0 amide bonds. The maximum atomic E-state index is 5.67. The molecule has 0 saturated carbocycles. The summed E-state index contributed by atoms with van der Waals surface area (Å²) in [4.78, 5) is 9.66. The monoisotopic (exact) mass is 415 g/mol. The molecular formula is C24H41N5O. The van der Waals surface area contributed by atoms with Crippen molar-refractivity contribution in [1.29, 1.82) is 0 Å². The van der Waals surface area contributed by atoms with Crippen molar-refractivity contribution in [3.05, 3.63) is 29.8 Å². The van der Waals surface area contributed by atoms with Crippen LogP contribution in [0.5, 0.6) is 5.75 Å². The van der Waals surface area contributed by atoms with Gasteiger partial charge >= 0.3 is 0 Å². The Hall–Kier alpha value is -1.79. The third-order valence-electron chi connectivity index (χ3n) is 6.60. The van der Waals surface area contributed by atoms with Crippen molar-refractivity contribution in [2.75, 3.05) is 53.4 Å². The van der Waals surface area contributed by atoms with Crippen LogP contribution in [0.15, 0.2) is 29.3 Å². The number of para-hydroxylation sites is 1. The van der Waals surface area contributed by atoms with E-state index in [2.05, 4.69) is 57.5 Å². The summed E-state index contributed by atoms with van der Waals surface area (Å²) < 4.78 is 5.67. The lowest BCUT2D eigenvalue weighted by Crippen LogP contribution is -2.47. The number of nitrogens with zero attached hydrogens (tertiary/aromatic N) is 3. The summed E-state index contributed by atoms with van der Waals surface area (Å²) in [6.45, 7) is 11.1. The highest BCUT2D eigenvalue weighted by Gasteiger charge is 2.26. The highest BCUT2D eigenvalue weighted by molar-refractivity contribution is 5.79. The number of hydrogen-bond donors (Lipinski definition) is 2. The smallest absolute Gasteiger partial charge is 0.191 e. The number of nitrogens with one attached hydrogen (secondary N) is 2. The molecule has 3 rings (SSSR count). The molecule has 6 heteroatoms. The molecule has 0 aromatic heterocycles. The predicted octanol–water partition coefficient (Wildman–Crippen LogP) is 3.12. The van der Waals surface area contributed by atoms with Crippen molar-refractivity contribution in [3.8, 4) is 5.75 Å². The predicted molar refractivity (Wildman–Crippen MR) is 125 cm³/mol. The van der Waals surface area contributed by atoms with Gasteiger partial charge in [0.15, 0.2) is 5.96 Å². The van der Waals surface area contributed by atoms with E-state index in [0.29, 0.717) is 12.0 Å². The van der Waals surface area contributed by atoms with Gasteiger partial charge in [0, 0.05) is 38.3 Å². The first-order valence-electron chi connectivity index (χ1n) is 11.7. The number of benzene rings is 1. The molecule has 2 unspecified atom stereocenters. The van der Waals surface area contributed by atoms with Crippen molar-refractivity contribution in [3.63, 3.8) is 0 Å². The summed E-state index contributed by atoms with van der Waals surface area (Å²) in [7, 11) is 3.63. The Morgan fingerprint density at radius 1 is 1.10 bits per heavy atom. The van der Waals surface area contributed by atoms with Gasteiger partial charge in [-0.1, -0.05) is 18.2 Å². The number of piperidine rings is 1. The van der Waals surface area contributed by atoms with Gasteiger partial charge in [-0.05, 0) is 71.1 Å². The zero-order valence-corrected chi connectivity index (χ0v) is 19.4. The Bertz CT molecular complexity index is 671. The van der Waals surface area contributed by atoms with Crippen LogP contribution in [0.1, 0.15) is 51.1 Å². The second kappa shape index (κ2) is 11.6. The summed E-state index contributed by atoms with van der Waals surface area (Å²) >= 11 is 0. The average Bonchev–Trinajstić information content (AvgIpc) is 3.31. The molecular weight excluding hydrogens is 374 g/mol. The first-order chi connectivity index (χ1) is 14.6. The summed E-state index contributed by atoms with van der Waals surface area (Å²) in [5.41, 5.74) is 1.25. The Labute approximate surface area is 183 Å². The molecule has 0 bridgehead atoms. The molecule has 2 N–H and O–H groups in total. The molecule has 0 spiro atoms. The summed E-state index contributed by atoms with van der Waals surface area (Å²) in [6, 6.07) is 9.33. The van der Waals surface area contributed by atoms with Gasteiger partial charge in [-0.25, -0.2) is 0 Å². The fraction of sp³-hybridized carbons (Fsp3) is 0.708. The van der Waals surface area contributed by atoms with E-state index < -0.39 is 0 Å². The largest absolute Gasteiger partial charge is 0.496 e. The molecule has 2 heterocycles. The first kappa shape index (κ1) is 22.9. The van der Waals surface area contributed by atoms with Crippen molar-refractivity contribution >= 4 is 5.96 Å². The fourth-order valence-electron chi connectivity index (χ4n) is 4.82. The van der Waals surface area contributed by atoms with Crippen LogP contribution >= 0.6 is 0 Å². The van der Waals surface area contributed by atoms with E-state index in [-0.39, 0.29) is 6.04 Å². The lowest BCUT2D eigenvalue weighted by molar-refractivity contribution is 0.141. The Balaban J connectivity index is 1.58. The van der Waals surface area contributed by atoms with Crippen LogP contribution in [0, 0.1) is 5.92 Å². The summed E-state index contributed by atoms with van der Waals surface area (Å²) in [5.74, 6) is 2.55. The maximum absolute atomic E-state index is 5.67. The fourth-order valence-corrected chi connectivity index (χ4v) is 4.82. The zero-order valence-electron chi connectivity index (χ0n) is 19.4. The second-order valence-corrected chi connectivity index (χ2v) is 8.93. The van der Waals surface area contributed by atoms with Crippen LogP contribution < -0.4 is 15.4 Å². The molecule has 30 heavy (non-hydrogen) atoms. The lowest BCUT2D eigenvalue weighted by atomic mass is 9.97. The van der Waals surface area contributed by atoms with Gasteiger partial charge in [0.25, 0.3) is 0 Å². The van der Waals surface area contributed by atoms with Crippen LogP contribution in [-0.2, 0) is 0 Å². The van der Waals surface area contributed by atoms with Crippen LogP contribution in [0.4, 0.5) is 0 Å². The minimum Gasteiger partial charge on any atom is -0.496 e. The maximum Gasteiger partial charge on any atom is 0.191 e. The summed E-state index contributed by atoms with van der Waals surface area (Å²) in [5, 5.41) is 7.18. The second-order valence-electron chi connectivity index (χ2n) is 8.93. The minimum absolute atomic E-state index is 0.285. The molecule has 1 aromatic carbocycles. The molecule has 0 radical (unpaired) electrons. The number of likely N-dealkylation sites (tertiary alicyclic amines) is 2. The highest BCUT2D eigenvalue weighted by atomic mass is 16.5. The zero-order chi connectivity index (χ0) is 21.3. The number of guanidine groups is 1. The SMILES string of the molecule is CN=C(NCC1CCCN(C(C)C)C1)NCC(c1ccccc1OC)N1CCCC1. The van der Waals surface area contributed by atoms with Crippen molar-refractivity contribution < 1.29 is 4.74 Å². The van der Waals surface area contributed by atoms with Gasteiger partial charge in [0.2, 0.25) is 0 Å². The Morgan fingerprint density at radius 2 is 1.83 bits per heavy atom. The van der Waals surface area contributed by atoms with Crippen molar-refractivity contribution in [2.24, 2.45) is 10.9 Å². The van der Waals surface area contributed by atoms with Crippen molar-refractivity contribution in [1.82, 2.24) is 20.4 Å². The standard InChI is InChI=1S/C24H41N5O/c1-19(2)29-15-9-10-20(18-29)16-26-24(25-3)27-17-22(28-13-7-8-14-28)21-11-5-6-12-23(21)30-4/h5-6,11-12,19-20,22H,7-10,13-18H2,1-4H3,(H2,25,26,27). The number of ether oxygens (including phenoxy) is 1. The van der Waals surface area contributed by atoms with Crippen LogP contribution in [0.25, 0.3) is 0 Å². The van der Waals surface area contributed by atoms with Gasteiger partial charge in [-0.15, -0.1) is 0 Å². The van der Waals surface area contributed by atoms with Crippen molar-refractivity contribution in [2.45, 2.75) is 51.6 Å². The number of aliphatic imine (C=N–C) groups is 1. The Morgan fingerprint density at radius 3 is 2.53 bits per heavy atom. The minimum atomic E-state index is 0.285. The van der Waals surface area contributed by atoms with Gasteiger partial charge in [-0.3, -0.25) is 9.89 Å². The lowest BCUT2D eigenvalue weighted by Gasteiger charge is -2.35. The van der Waals surface area contributed by atoms with Gasteiger partial charge in [0.1, 0.15) is 5.75 Å². The normalized spacial score (nSPS) is 22.3. The molecule has 2 fully saturated rings. The molecule has 0 aliphatic carbocycles. The molecule has 2 aliphatic heterocycles. The third kappa shape index (κ3) is 6.11. The van der Waals surface area contributed by atoms with Crippen LogP contribution in [0.3, 0.4) is 0 Å². The van der Waals surface area contributed by atoms with Gasteiger partial charge < -0.3 is 20.3 Å². The summed E-state index contributed by atoms with van der Waals surface area (Å²) in [6.07, 6.45) is 5.13. The first-order valence-corrected chi connectivity index (χ1v) is 11.7. The highest BCUT2D eigenvalue weighted by Crippen LogP contribution is 2.31. The van der Waals surface area contributed by atoms with E-state index in [1.165, 1.54) is 44.3 Å². The van der Waals surface area contributed by atoms with E-state index in [1.807, 2.05) is 13.1 Å². The van der Waals surface area contributed by atoms with Crippen LogP contribution in [-0.4, -0.2) is 75.2 Å². The van der Waals surface area contributed by atoms with Gasteiger partial charge in [-0.2, -0.15) is 0 Å². The molecule has 1 aromatic rings. The van der Waals surface area contributed by atoms with E-state index >= 15 is 0 Å². The quantitative estimate of drug-likeness (QED) is 0.505. The van der Waals surface area contributed by atoms with E-state index in [0.717, 1.165) is 37.9 Å². The third-order valence-corrected chi connectivity index (χ3v) is 6.60. The van der Waals surface area contributed by atoms with E-state index in [9.17, 15) is 0 Å².